The smallest absolute Gasteiger partial charge is 0.192 e. The van der Waals surface area contributed by atoms with Gasteiger partial charge in [-0.25, -0.2) is 0 Å². The lowest BCUT2D eigenvalue weighted by molar-refractivity contribution is 0.0141. The van der Waals surface area contributed by atoms with Crippen LogP contribution in [0.1, 0.15) is 33.6 Å². The largest absolute Gasteiger partial charge is 0.409 e. The Hall–Kier alpha value is 0.0969. The molecule has 1 atom stereocenters. The molecule has 3 nitrogen and oxygen atoms in total. The first-order chi connectivity index (χ1) is 6.65. The molecule has 1 fully saturated rings. The van der Waals surface area contributed by atoms with Crippen molar-refractivity contribution in [3.8, 4) is 0 Å². The lowest BCUT2D eigenvalue weighted by Crippen LogP contribution is -2.50. The van der Waals surface area contributed by atoms with Crippen LogP contribution < -0.4 is 5.73 Å². The molecule has 0 heterocycles. The van der Waals surface area contributed by atoms with Crippen LogP contribution in [-0.2, 0) is 4.43 Å². The van der Waals surface area contributed by atoms with Gasteiger partial charge in [-0.15, -0.1) is 0 Å². The zero-order chi connectivity index (χ0) is 11.9. The predicted octanol–water partition coefficient (Wildman–Crippen LogP) is 1.86. The van der Waals surface area contributed by atoms with E-state index < -0.39 is 14.4 Å². The molecule has 3 N–H and O–H groups in total. The quantitative estimate of drug-likeness (QED) is 0.726. The first-order valence-electron chi connectivity index (χ1n) is 5.73. The third-order valence-corrected chi connectivity index (χ3v) is 8.37. The number of aliphatic hydroxyl groups excluding tert-OH is 1. The summed E-state index contributed by atoms with van der Waals surface area (Å²) in [6.07, 6.45) is 1.42. The lowest BCUT2D eigenvalue weighted by atomic mass is 10.2. The van der Waals surface area contributed by atoms with E-state index in [1.54, 1.807) is 0 Å². The molecule has 1 rings (SSSR count). The summed E-state index contributed by atoms with van der Waals surface area (Å²) < 4.78 is 6.26. The van der Waals surface area contributed by atoms with Crippen molar-refractivity contribution in [1.82, 2.24) is 0 Å². The number of aliphatic hydroxyl groups is 1. The number of rotatable bonds is 4. The molecule has 1 aliphatic rings. The van der Waals surface area contributed by atoms with Crippen LogP contribution >= 0.6 is 0 Å². The Bertz CT molecular complexity index is 231. The molecule has 0 aromatic rings. The van der Waals surface area contributed by atoms with E-state index in [1.807, 2.05) is 0 Å². The first-order valence-corrected chi connectivity index (χ1v) is 8.64. The van der Waals surface area contributed by atoms with E-state index >= 15 is 0 Å². The highest BCUT2D eigenvalue weighted by Gasteiger charge is 2.55. The summed E-state index contributed by atoms with van der Waals surface area (Å²) in [6, 6.07) is 0. The van der Waals surface area contributed by atoms with Gasteiger partial charge in [0.15, 0.2) is 8.32 Å². The molecule has 0 spiro atoms. The molecule has 0 aliphatic heterocycles. The van der Waals surface area contributed by atoms with E-state index in [0.29, 0.717) is 6.54 Å². The maximum absolute atomic E-state index is 9.85. The average molecular weight is 231 g/mol. The zero-order valence-electron chi connectivity index (χ0n) is 10.6. The van der Waals surface area contributed by atoms with Crippen LogP contribution in [0.5, 0.6) is 0 Å². The van der Waals surface area contributed by atoms with Crippen molar-refractivity contribution >= 4 is 8.32 Å². The Morgan fingerprint density at radius 2 is 1.87 bits per heavy atom. The van der Waals surface area contributed by atoms with Crippen LogP contribution in [0.25, 0.3) is 0 Å². The number of nitrogens with two attached hydrogens (primary N) is 1. The zero-order valence-corrected chi connectivity index (χ0v) is 11.6. The van der Waals surface area contributed by atoms with Gasteiger partial charge >= 0.3 is 0 Å². The lowest BCUT2D eigenvalue weighted by Gasteiger charge is -2.40. The average Bonchev–Trinajstić information content (AvgIpc) is 2.81. The van der Waals surface area contributed by atoms with Gasteiger partial charge in [0.05, 0.1) is 11.7 Å². The highest BCUT2D eigenvalue weighted by molar-refractivity contribution is 6.74. The molecule has 1 saturated carbocycles. The monoisotopic (exact) mass is 231 g/mol. The maximum Gasteiger partial charge on any atom is 0.192 e. The highest BCUT2D eigenvalue weighted by atomic mass is 28.4. The van der Waals surface area contributed by atoms with Crippen molar-refractivity contribution in [2.45, 2.75) is 63.5 Å². The normalized spacial score (nSPS) is 22.6. The Balaban J connectivity index is 2.70. The molecule has 0 bridgehead atoms. The Kier molecular flexibility index (Phi) is 3.37. The predicted molar refractivity (Wildman–Crippen MR) is 65.3 cm³/mol. The van der Waals surface area contributed by atoms with Gasteiger partial charge in [0, 0.05) is 6.54 Å². The minimum atomic E-state index is -1.77. The molecule has 1 unspecified atom stereocenters. The fourth-order valence-electron chi connectivity index (χ4n) is 1.50. The van der Waals surface area contributed by atoms with Gasteiger partial charge in [-0.3, -0.25) is 0 Å². The molecular weight excluding hydrogens is 206 g/mol. The Labute approximate surface area is 94.1 Å². The molecular formula is C11H25NO2Si. The fraction of sp³-hybridized carbons (Fsp3) is 1.00. The van der Waals surface area contributed by atoms with Gasteiger partial charge in [-0.1, -0.05) is 20.8 Å². The van der Waals surface area contributed by atoms with E-state index in [9.17, 15) is 5.11 Å². The standard InChI is InChI=1S/C11H25NO2Si/c1-10(2,3)15(4,5)14-11(6-7-11)9(13)8-12/h9,13H,6-8,12H2,1-5H3. The third-order valence-electron chi connectivity index (χ3n) is 3.84. The summed E-state index contributed by atoms with van der Waals surface area (Å²) in [6.45, 7) is 11.4. The summed E-state index contributed by atoms with van der Waals surface area (Å²) in [5, 5.41) is 10.0. The van der Waals surface area contributed by atoms with E-state index in [-0.39, 0.29) is 10.6 Å². The van der Waals surface area contributed by atoms with Crippen molar-refractivity contribution in [2.24, 2.45) is 5.73 Å². The van der Waals surface area contributed by atoms with Crippen molar-refractivity contribution in [3.63, 3.8) is 0 Å². The van der Waals surface area contributed by atoms with Gasteiger partial charge in [-0.05, 0) is 31.0 Å². The topological polar surface area (TPSA) is 55.5 Å². The fourth-order valence-corrected chi connectivity index (χ4v) is 3.17. The Morgan fingerprint density at radius 1 is 1.40 bits per heavy atom. The number of hydrogen-bond donors (Lipinski definition) is 2. The van der Waals surface area contributed by atoms with Crippen molar-refractivity contribution < 1.29 is 9.53 Å². The molecule has 0 aromatic carbocycles. The van der Waals surface area contributed by atoms with Gasteiger partial charge in [-0.2, -0.15) is 0 Å². The molecule has 0 amide bonds. The Morgan fingerprint density at radius 3 is 2.13 bits per heavy atom. The van der Waals surface area contributed by atoms with E-state index in [2.05, 4.69) is 33.9 Å². The van der Waals surface area contributed by atoms with Gasteiger partial charge in [0.1, 0.15) is 0 Å². The first kappa shape index (κ1) is 13.2. The number of hydrogen-bond acceptors (Lipinski definition) is 3. The minimum absolute atomic E-state index is 0.191. The van der Waals surface area contributed by atoms with Crippen molar-refractivity contribution in [2.75, 3.05) is 6.54 Å². The second-order valence-corrected chi connectivity index (χ2v) is 10.9. The third kappa shape index (κ3) is 2.61. The summed E-state index contributed by atoms with van der Waals surface area (Å²) in [4.78, 5) is 0. The second kappa shape index (κ2) is 3.84. The van der Waals surface area contributed by atoms with Gasteiger partial charge in [0.25, 0.3) is 0 Å². The van der Waals surface area contributed by atoms with Crippen LogP contribution in [0, 0.1) is 0 Å². The minimum Gasteiger partial charge on any atom is -0.409 e. The van der Waals surface area contributed by atoms with E-state index in [1.165, 1.54) is 0 Å². The summed E-state index contributed by atoms with van der Waals surface area (Å²) in [7, 11) is -1.77. The van der Waals surface area contributed by atoms with E-state index in [4.69, 9.17) is 10.2 Å². The van der Waals surface area contributed by atoms with Gasteiger partial charge in [0.2, 0.25) is 0 Å². The van der Waals surface area contributed by atoms with Gasteiger partial charge < -0.3 is 15.3 Å². The molecule has 15 heavy (non-hydrogen) atoms. The van der Waals surface area contributed by atoms with Crippen molar-refractivity contribution in [3.05, 3.63) is 0 Å². The molecule has 4 heteroatoms. The summed E-state index contributed by atoms with van der Waals surface area (Å²) in [5.41, 5.74) is 5.20. The molecule has 0 radical (unpaired) electrons. The van der Waals surface area contributed by atoms with Crippen LogP contribution in [-0.4, -0.2) is 31.7 Å². The van der Waals surface area contributed by atoms with Crippen LogP contribution in [0.2, 0.25) is 18.1 Å². The highest BCUT2D eigenvalue weighted by Crippen LogP contribution is 2.49. The van der Waals surface area contributed by atoms with Crippen LogP contribution in [0.15, 0.2) is 0 Å². The maximum atomic E-state index is 9.85. The summed E-state index contributed by atoms with van der Waals surface area (Å²) in [5.74, 6) is 0. The molecule has 1 aliphatic carbocycles. The SMILES string of the molecule is CC(C)(C)[Si](C)(C)OC1(C(O)CN)CC1. The van der Waals surface area contributed by atoms with Crippen LogP contribution in [0.3, 0.4) is 0 Å². The molecule has 0 saturated heterocycles. The summed E-state index contributed by atoms with van der Waals surface area (Å²) >= 11 is 0. The van der Waals surface area contributed by atoms with Crippen LogP contribution in [0.4, 0.5) is 0 Å². The molecule has 0 aromatic heterocycles. The second-order valence-electron chi connectivity index (χ2n) is 6.18. The molecule has 90 valence electrons. The van der Waals surface area contributed by atoms with E-state index in [0.717, 1.165) is 12.8 Å². The van der Waals surface area contributed by atoms with Crippen molar-refractivity contribution in [1.29, 1.82) is 0 Å².